The summed E-state index contributed by atoms with van der Waals surface area (Å²) in [5, 5.41) is 0. The van der Waals surface area contributed by atoms with Gasteiger partial charge >= 0.3 is 0 Å². The van der Waals surface area contributed by atoms with E-state index in [4.69, 9.17) is 10.7 Å². The van der Waals surface area contributed by atoms with E-state index in [-0.39, 0.29) is 24.3 Å². The average molecular weight is 469 g/mol. The lowest BCUT2D eigenvalue weighted by Gasteiger charge is -2.42. The average Bonchev–Trinajstić information content (AvgIpc) is 3.07. The van der Waals surface area contributed by atoms with Crippen LogP contribution in [0.4, 0.5) is 8.78 Å². The van der Waals surface area contributed by atoms with Crippen molar-refractivity contribution < 1.29 is 13.6 Å². The number of nitrogens with two attached hydrogens (primary N) is 1. The molecule has 1 spiro atoms. The summed E-state index contributed by atoms with van der Waals surface area (Å²) in [6, 6.07) is 6.18. The first-order valence-electron chi connectivity index (χ1n) is 11.9. The molecular weight excluding hydrogens is 438 g/mol. The first-order chi connectivity index (χ1) is 16.4. The monoisotopic (exact) mass is 468 g/mol. The number of rotatable bonds is 5. The van der Waals surface area contributed by atoms with Crippen molar-refractivity contribution in [3.8, 4) is 11.1 Å². The zero-order chi connectivity index (χ0) is 23.9. The summed E-state index contributed by atoms with van der Waals surface area (Å²) in [6.45, 7) is 1.18. The molecule has 180 valence electrons. The van der Waals surface area contributed by atoms with E-state index in [0.717, 1.165) is 54.4 Å². The van der Waals surface area contributed by atoms with Crippen LogP contribution >= 0.6 is 0 Å². The van der Waals surface area contributed by atoms with Crippen LogP contribution in [-0.4, -0.2) is 64.7 Å². The third kappa shape index (κ3) is 3.96. The molecule has 0 radical (unpaired) electrons. The van der Waals surface area contributed by atoms with Gasteiger partial charge in [-0.25, -0.2) is 23.7 Å². The normalized spacial score (nSPS) is 25.8. The van der Waals surface area contributed by atoms with Crippen molar-refractivity contribution in [1.82, 2.24) is 19.8 Å². The number of amides is 1. The molecule has 7 nitrogen and oxygen atoms in total. The van der Waals surface area contributed by atoms with E-state index >= 15 is 0 Å². The molecule has 5 rings (SSSR count). The van der Waals surface area contributed by atoms with E-state index in [1.807, 2.05) is 11.0 Å². The Labute approximate surface area is 198 Å². The summed E-state index contributed by atoms with van der Waals surface area (Å²) in [6.07, 6.45) is 6.96. The highest BCUT2D eigenvalue weighted by Gasteiger charge is 2.56. The fraction of sp³-hybridized carbons (Fsp3) is 0.520. The molecule has 2 aliphatic heterocycles. The Morgan fingerprint density at radius 2 is 1.88 bits per heavy atom. The molecule has 34 heavy (non-hydrogen) atoms. The van der Waals surface area contributed by atoms with Crippen molar-refractivity contribution in [3.63, 3.8) is 0 Å². The fourth-order valence-corrected chi connectivity index (χ4v) is 5.93. The molecular formula is C25H30F2N6O. The van der Waals surface area contributed by atoms with Gasteiger partial charge in [0.15, 0.2) is 11.5 Å². The Morgan fingerprint density at radius 3 is 2.53 bits per heavy atom. The number of carbonyl (C=O) groups is 1. The summed E-state index contributed by atoms with van der Waals surface area (Å²) < 4.78 is 25.6. The Hall–Kier alpha value is -2.94. The molecule has 3 aliphatic rings. The zero-order valence-corrected chi connectivity index (χ0v) is 19.3. The molecule has 9 heteroatoms. The number of aromatic nitrogens is 2. The van der Waals surface area contributed by atoms with Gasteiger partial charge in [-0.2, -0.15) is 0 Å². The summed E-state index contributed by atoms with van der Waals surface area (Å²) in [4.78, 5) is 30.2. The predicted octanol–water partition coefficient (Wildman–Crippen LogP) is 3.06. The summed E-state index contributed by atoms with van der Waals surface area (Å²) >= 11 is 0. The van der Waals surface area contributed by atoms with Gasteiger partial charge < -0.3 is 5.73 Å². The van der Waals surface area contributed by atoms with Crippen LogP contribution in [0.25, 0.3) is 11.1 Å². The van der Waals surface area contributed by atoms with Gasteiger partial charge in [-0.05, 0) is 79.8 Å². The van der Waals surface area contributed by atoms with E-state index < -0.39 is 12.0 Å². The second kappa shape index (κ2) is 9.02. The van der Waals surface area contributed by atoms with Crippen LogP contribution < -0.4 is 5.73 Å². The van der Waals surface area contributed by atoms with Crippen LogP contribution in [-0.2, 0) is 16.8 Å². The van der Waals surface area contributed by atoms with Crippen molar-refractivity contribution in [2.24, 2.45) is 22.6 Å². The number of piperidine rings is 1. The molecule has 2 N–H and O–H groups in total. The van der Waals surface area contributed by atoms with Crippen LogP contribution in [0.3, 0.4) is 0 Å². The standard InChI is InChI=1S/C25H30F2N6O/c1-32-23(34)25(31-24(32)28)20(10-16-6-8-33(9-7-16)14-22(26)27)5-4-17-2-3-18(11-21(17)25)19-12-29-15-30-13-19/h2-3,11-13,15-16,20,22H,4-10,14H2,1H3,(H2,28,31)/t20?,25-/m0/s1. The van der Waals surface area contributed by atoms with Crippen molar-refractivity contribution in [3.05, 3.63) is 48.0 Å². The van der Waals surface area contributed by atoms with Crippen molar-refractivity contribution in [1.29, 1.82) is 0 Å². The van der Waals surface area contributed by atoms with Gasteiger partial charge in [0.25, 0.3) is 12.3 Å². The van der Waals surface area contributed by atoms with E-state index in [1.54, 1.807) is 19.4 Å². The number of likely N-dealkylation sites (tertiary alicyclic amines) is 1. The van der Waals surface area contributed by atoms with Gasteiger partial charge in [0.05, 0.1) is 6.54 Å². The number of halogens is 2. The maximum absolute atomic E-state index is 13.7. The number of aryl methyl sites for hydroxylation is 1. The Bertz CT molecular complexity index is 1090. The SMILES string of the molecule is CN1C(=O)[C@@]2(N=C1N)c1cc(-c3cncnc3)ccc1CCC2CC1CCN(CC(F)F)CC1. The molecule has 1 aromatic heterocycles. The first-order valence-corrected chi connectivity index (χ1v) is 11.9. The number of hydrogen-bond acceptors (Lipinski definition) is 6. The predicted molar refractivity (Wildman–Crippen MR) is 125 cm³/mol. The van der Waals surface area contributed by atoms with Gasteiger partial charge in [0.1, 0.15) is 6.33 Å². The molecule has 1 unspecified atom stereocenters. The summed E-state index contributed by atoms with van der Waals surface area (Å²) in [7, 11) is 1.68. The largest absolute Gasteiger partial charge is 0.369 e. The third-order valence-electron chi connectivity index (χ3n) is 7.75. The number of guanidine groups is 1. The van der Waals surface area contributed by atoms with Crippen molar-refractivity contribution in [2.45, 2.75) is 44.1 Å². The van der Waals surface area contributed by atoms with Gasteiger partial charge in [0.2, 0.25) is 0 Å². The molecule has 0 saturated carbocycles. The van der Waals surface area contributed by atoms with Gasteiger partial charge in [0, 0.05) is 25.0 Å². The molecule has 1 aromatic carbocycles. The number of alkyl halides is 2. The second-order valence-electron chi connectivity index (χ2n) is 9.71. The molecule has 1 aliphatic carbocycles. The zero-order valence-electron chi connectivity index (χ0n) is 19.3. The maximum atomic E-state index is 13.7. The first kappa shape index (κ1) is 22.8. The van der Waals surface area contributed by atoms with E-state index in [2.05, 4.69) is 22.1 Å². The number of carbonyl (C=O) groups excluding carboxylic acids is 1. The van der Waals surface area contributed by atoms with Crippen LogP contribution in [0.2, 0.25) is 0 Å². The maximum Gasteiger partial charge on any atom is 0.261 e. The minimum absolute atomic E-state index is 0.00456. The molecule has 1 saturated heterocycles. The van der Waals surface area contributed by atoms with Crippen LogP contribution in [0, 0.1) is 11.8 Å². The Balaban J connectivity index is 1.47. The number of aliphatic imine (C=N–C) groups is 1. The molecule has 0 bridgehead atoms. The lowest BCUT2D eigenvalue weighted by atomic mass is 9.65. The molecule has 1 fully saturated rings. The minimum Gasteiger partial charge on any atom is -0.369 e. The summed E-state index contributed by atoms with van der Waals surface area (Å²) in [5.41, 5.74) is 9.00. The van der Waals surface area contributed by atoms with E-state index in [1.165, 1.54) is 11.2 Å². The van der Waals surface area contributed by atoms with Crippen molar-refractivity contribution in [2.75, 3.05) is 26.7 Å². The topological polar surface area (TPSA) is 87.7 Å². The highest BCUT2D eigenvalue weighted by Crippen LogP contribution is 2.50. The Kier molecular flexibility index (Phi) is 6.06. The van der Waals surface area contributed by atoms with Crippen molar-refractivity contribution >= 4 is 11.9 Å². The molecule has 3 heterocycles. The smallest absolute Gasteiger partial charge is 0.261 e. The number of nitrogens with zero attached hydrogens (tertiary/aromatic N) is 5. The van der Waals surface area contributed by atoms with Crippen LogP contribution in [0.15, 0.2) is 41.9 Å². The number of likely N-dealkylation sites (N-methyl/N-ethyl adjacent to an activating group) is 1. The highest BCUT2D eigenvalue weighted by atomic mass is 19.3. The second-order valence-corrected chi connectivity index (χ2v) is 9.71. The summed E-state index contributed by atoms with van der Waals surface area (Å²) in [5.74, 6) is 0.527. The minimum atomic E-state index is -2.30. The van der Waals surface area contributed by atoms with E-state index in [9.17, 15) is 13.6 Å². The lowest BCUT2D eigenvalue weighted by molar-refractivity contribution is -0.133. The molecule has 2 aromatic rings. The number of fused-ring (bicyclic) bond motifs is 2. The van der Waals surface area contributed by atoms with Gasteiger partial charge in [-0.3, -0.25) is 14.6 Å². The third-order valence-corrected chi connectivity index (χ3v) is 7.75. The Morgan fingerprint density at radius 1 is 1.15 bits per heavy atom. The number of hydrogen-bond donors (Lipinski definition) is 1. The van der Waals surface area contributed by atoms with Gasteiger partial charge in [-0.15, -0.1) is 0 Å². The van der Waals surface area contributed by atoms with Crippen LogP contribution in [0.1, 0.15) is 36.8 Å². The van der Waals surface area contributed by atoms with Crippen LogP contribution in [0.5, 0.6) is 0 Å². The van der Waals surface area contributed by atoms with Gasteiger partial charge in [-0.1, -0.05) is 12.1 Å². The fourth-order valence-electron chi connectivity index (χ4n) is 5.93. The molecule has 2 atom stereocenters. The highest BCUT2D eigenvalue weighted by molar-refractivity contribution is 6.07. The number of benzene rings is 1. The lowest BCUT2D eigenvalue weighted by Crippen LogP contribution is -2.48. The molecule has 1 amide bonds. The van der Waals surface area contributed by atoms with E-state index in [0.29, 0.717) is 19.0 Å². The quantitative estimate of drug-likeness (QED) is 0.729.